The van der Waals surface area contributed by atoms with E-state index in [-0.39, 0.29) is 5.91 Å². The summed E-state index contributed by atoms with van der Waals surface area (Å²) in [5.74, 6) is -0.234. The van der Waals surface area contributed by atoms with Crippen molar-refractivity contribution >= 4 is 40.1 Å². The minimum Gasteiger partial charge on any atom is -0.298 e. The third kappa shape index (κ3) is 4.56. The Bertz CT molecular complexity index is 900. The number of carbonyl (C=O) groups excluding carboxylic acids is 1. The number of hydrogen-bond donors (Lipinski definition) is 1. The van der Waals surface area contributed by atoms with Crippen molar-refractivity contribution in [3.8, 4) is 11.3 Å². The minimum absolute atomic E-state index is 0.234. The second-order valence-corrected chi connectivity index (χ2v) is 6.70. The van der Waals surface area contributed by atoms with Gasteiger partial charge < -0.3 is 0 Å². The highest BCUT2D eigenvalue weighted by Crippen LogP contribution is 2.25. The monoisotopic (exact) mass is 368 g/mol. The highest BCUT2D eigenvalue weighted by molar-refractivity contribution is 7.14. The van der Waals surface area contributed by atoms with Crippen LogP contribution in [0.5, 0.6) is 0 Å². The molecule has 0 unspecified atom stereocenters. The van der Waals surface area contributed by atoms with E-state index >= 15 is 0 Å². The largest absolute Gasteiger partial charge is 0.298 e. The molecule has 0 fully saturated rings. The number of nitrogens with zero attached hydrogens (tertiary/aromatic N) is 1. The molecule has 5 heteroatoms. The van der Waals surface area contributed by atoms with Crippen LogP contribution in [0.2, 0.25) is 5.02 Å². The second-order valence-electron chi connectivity index (χ2n) is 5.43. The van der Waals surface area contributed by atoms with Crippen LogP contribution in [0.25, 0.3) is 17.3 Å². The number of halogens is 1. The van der Waals surface area contributed by atoms with Gasteiger partial charge in [-0.2, -0.15) is 0 Å². The fourth-order valence-electron chi connectivity index (χ4n) is 2.30. The van der Waals surface area contributed by atoms with Crippen LogP contribution < -0.4 is 5.32 Å². The van der Waals surface area contributed by atoms with E-state index in [2.05, 4.69) is 41.5 Å². The number of carbonyl (C=O) groups is 1. The molecule has 0 aliphatic carbocycles. The molecule has 1 N–H and O–H groups in total. The van der Waals surface area contributed by atoms with Crippen molar-refractivity contribution in [1.82, 2.24) is 4.98 Å². The molecule has 25 heavy (non-hydrogen) atoms. The number of benzene rings is 2. The van der Waals surface area contributed by atoms with Gasteiger partial charge in [0.1, 0.15) is 0 Å². The molecule has 1 aromatic heterocycles. The van der Waals surface area contributed by atoms with Crippen LogP contribution in [0, 0.1) is 0 Å². The van der Waals surface area contributed by atoms with E-state index in [0.717, 1.165) is 23.2 Å². The number of thiazole rings is 1. The summed E-state index contributed by atoms with van der Waals surface area (Å²) in [6.45, 7) is 2.13. The zero-order valence-electron chi connectivity index (χ0n) is 13.7. The van der Waals surface area contributed by atoms with Crippen molar-refractivity contribution in [2.45, 2.75) is 13.3 Å². The van der Waals surface area contributed by atoms with Gasteiger partial charge in [0.25, 0.3) is 0 Å². The molecule has 0 aliphatic rings. The maximum atomic E-state index is 12.1. The van der Waals surface area contributed by atoms with Gasteiger partial charge in [0.15, 0.2) is 5.13 Å². The summed E-state index contributed by atoms with van der Waals surface area (Å²) in [5, 5.41) is 5.90. The first-order chi connectivity index (χ1) is 12.2. The van der Waals surface area contributed by atoms with Crippen LogP contribution in [0.1, 0.15) is 18.1 Å². The molecule has 0 saturated heterocycles. The Kier molecular flexibility index (Phi) is 5.64. The molecule has 2 aromatic carbocycles. The zero-order chi connectivity index (χ0) is 17.6. The molecule has 1 amide bonds. The highest BCUT2D eigenvalue weighted by Gasteiger charge is 2.06. The molecule has 0 bridgehead atoms. The van der Waals surface area contributed by atoms with Gasteiger partial charge in [-0.1, -0.05) is 61.0 Å². The fourth-order valence-corrected chi connectivity index (χ4v) is 3.22. The van der Waals surface area contributed by atoms with Gasteiger partial charge in [0.05, 0.1) is 5.69 Å². The lowest BCUT2D eigenvalue weighted by atomic mass is 10.1. The van der Waals surface area contributed by atoms with E-state index in [1.54, 1.807) is 12.1 Å². The van der Waals surface area contributed by atoms with Crippen LogP contribution in [-0.2, 0) is 11.2 Å². The molecule has 0 saturated carbocycles. The Morgan fingerprint density at radius 2 is 1.96 bits per heavy atom. The summed E-state index contributed by atoms with van der Waals surface area (Å²) in [5.41, 5.74) is 3.99. The Morgan fingerprint density at radius 1 is 1.20 bits per heavy atom. The molecule has 0 aliphatic heterocycles. The molecule has 0 radical (unpaired) electrons. The predicted molar refractivity (Wildman–Crippen MR) is 106 cm³/mol. The van der Waals surface area contributed by atoms with Crippen molar-refractivity contribution in [3.63, 3.8) is 0 Å². The summed E-state index contributed by atoms with van der Waals surface area (Å²) in [4.78, 5) is 16.5. The third-order valence-corrected chi connectivity index (χ3v) is 4.81. The number of aromatic nitrogens is 1. The Balaban J connectivity index is 1.66. The maximum Gasteiger partial charge on any atom is 0.250 e. The van der Waals surface area contributed by atoms with Crippen LogP contribution in [-0.4, -0.2) is 10.9 Å². The van der Waals surface area contributed by atoms with Crippen LogP contribution in [0.3, 0.4) is 0 Å². The van der Waals surface area contributed by atoms with E-state index in [9.17, 15) is 4.79 Å². The molecule has 1 heterocycles. The lowest BCUT2D eigenvalue weighted by Crippen LogP contribution is -2.07. The Morgan fingerprint density at radius 3 is 2.68 bits per heavy atom. The first-order valence-corrected chi connectivity index (χ1v) is 9.20. The van der Waals surface area contributed by atoms with Crippen LogP contribution >= 0.6 is 22.9 Å². The number of nitrogens with one attached hydrogen (secondary N) is 1. The quantitative estimate of drug-likeness (QED) is 0.589. The fraction of sp³-hybridized carbons (Fsp3) is 0.100. The van der Waals surface area contributed by atoms with Crippen molar-refractivity contribution < 1.29 is 4.79 Å². The maximum absolute atomic E-state index is 12.1. The lowest BCUT2D eigenvalue weighted by Gasteiger charge is -2.00. The lowest BCUT2D eigenvalue weighted by molar-refractivity contribution is -0.111. The van der Waals surface area contributed by atoms with E-state index in [4.69, 9.17) is 11.6 Å². The van der Waals surface area contributed by atoms with Gasteiger partial charge in [0, 0.05) is 22.0 Å². The van der Waals surface area contributed by atoms with Gasteiger partial charge in [-0.3, -0.25) is 10.1 Å². The SMILES string of the molecule is CCc1ccc(-c2csc(NC(=O)C=Cc3ccccc3Cl)n2)cc1. The molecular weight excluding hydrogens is 352 g/mol. The zero-order valence-corrected chi connectivity index (χ0v) is 15.3. The number of rotatable bonds is 5. The standard InChI is InChI=1S/C20H17ClN2OS/c1-2-14-7-9-16(10-8-14)18-13-25-20(22-18)23-19(24)12-11-15-5-3-4-6-17(15)21/h3-13H,2H2,1H3,(H,22,23,24). The molecular formula is C20H17ClN2OS. The van der Waals surface area contributed by atoms with E-state index in [1.165, 1.54) is 23.0 Å². The van der Waals surface area contributed by atoms with Gasteiger partial charge in [-0.15, -0.1) is 11.3 Å². The van der Waals surface area contributed by atoms with Gasteiger partial charge in [-0.05, 0) is 29.7 Å². The Hall–Kier alpha value is -2.43. The summed E-state index contributed by atoms with van der Waals surface area (Å²) in [6.07, 6.45) is 4.16. The Labute approximate surface area is 156 Å². The van der Waals surface area contributed by atoms with Crippen molar-refractivity contribution in [2.75, 3.05) is 5.32 Å². The number of aryl methyl sites for hydroxylation is 1. The van der Waals surface area contributed by atoms with E-state index in [0.29, 0.717) is 10.2 Å². The second kappa shape index (κ2) is 8.10. The van der Waals surface area contributed by atoms with Crippen molar-refractivity contribution in [1.29, 1.82) is 0 Å². The topological polar surface area (TPSA) is 42.0 Å². The van der Waals surface area contributed by atoms with Gasteiger partial charge in [-0.25, -0.2) is 4.98 Å². The smallest absolute Gasteiger partial charge is 0.250 e. The van der Waals surface area contributed by atoms with Gasteiger partial charge in [0.2, 0.25) is 5.91 Å². The number of amides is 1. The summed E-state index contributed by atoms with van der Waals surface area (Å²) in [6, 6.07) is 15.7. The molecule has 0 spiro atoms. The normalized spacial score (nSPS) is 11.0. The van der Waals surface area contributed by atoms with Crippen molar-refractivity contribution in [2.24, 2.45) is 0 Å². The average molecular weight is 369 g/mol. The van der Waals surface area contributed by atoms with Crippen LogP contribution in [0.15, 0.2) is 60.0 Å². The number of hydrogen-bond acceptors (Lipinski definition) is 3. The summed E-state index contributed by atoms with van der Waals surface area (Å²) in [7, 11) is 0. The molecule has 3 aromatic rings. The molecule has 3 rings (SSSR count). The van der Waals surface area contributed by atoms with Crippen LogP contribution in [0.4, 0.5) is 5.13 Å². The summed E-state index contributed by atoms with van der Waals surface area (Å²) < 4.78 is 0. The predicted octanol–water partition coefficient (Wildman–Crippen LogP) is 5.68. The minimum atomic E-state index is -0.234. The van der Waals surface area contributed by atoms with Gasteiger partial charge >= 0.3 is 0 Å². The molecule has 3 nitrogen and oxygen atoms in total. The molecule has 126 valence electrons. The third-order valence-electron chi connectivity index (χ3n) is 3.71. The first kappa shape index (κ1) is 17.4. The average Bonchev–Trinajstić information content (AvgIpc) is 3.09. The summed E-state index contributed by atoms with van der Waals surface area (Å²) >= 11 is 7.47. The first-order valence-electron chi connectivity index (χ1n) is 7.94. The highest BCUT2D eigenvalue weighted by atomic mass is 35.5. The van der Waals surface area contributed by atoms with Crippen molar-refractivity contribution in [3.05, 3.63) is 76.1 Å². The molecule has 0 atom stereocenters. The van der Waals surface area contributed by atoms with E-state index < -0.39 is 0 Å². The van der Waals surface area contributed by atoms with E-state index in [1.807, 2.05) is 23.6 Å². The number of anilines is 1.